The summed E-state index contributed by atoms with van der Waals surface area (Å²) in [7, 11) is 0. The third-order valence-corrected chi connectivity index (χ3v) is 6.13. The number of nitrogens with zero attached hydrogens (tertiary/aromatic N) is 1. The average molecular weight is 452 g/mol. The number of hydrogen-bond acceptors (Lipinski definition) is 8. The van der Waals surface area contributed by atoms with Gasteiger partial charge >= 0.3 is 5.63 Å². The summed E-state index contributed by atoms with van der Waals surface area (Å²) in [6, 6.07) is 2.70. The van der Waals surface area contributed by atoms with Crippen LogP contribution in [-0.2, 0) is 20.7 Å². The van der Waals surface area contributed by atoms with Crippen LogP contribution in [0.25, 0.3) is 0 Å². The molecule has 2 atom stereocenters. The van der Waals surface area contributed by atoms with Crippen molar-refractivity contribution >= 4 is 22.7 Å². The van der Waals surface area contributed by atoms with Crippen LogP contribution in [0.2, 0.25) is 0 Å². The zero-order chi connectivity index (χ0) is 23.1. The number of aliphatic imine (C=N–C) groups is 1. The lowest BCUT2D eigenvalue weighted by Gasteiger charge is -2.28. The quantitative estimate of drug-likeness (QED) is 0.371. The van der Waals surface area contributed by atoms with Gasteiger partial charge in [-0.15, -0.1) is 18.3 Å². The van der Waals surface area contributed by atoms with E-state index in [0.717, 1.165) is 12.0 Å². The Morgan fingerprint density at radius 3 is 2.68 bits per heavy atom. The SMILES string of the molecule is C=CCc1cc([C@@H](CCC)NC(=O)[C@]2(N)CSC(C(C)(OCC)OCC)=N2)oc(=O)c1. The van der Waals surface area contributed by atoms with Crippen LogP contribution in [0.15, 0.2) is 39.0 Å². The van der Waals surface area contributed by atoms with Gasteiger partial charge in [-0.1, -0.05) is 19.4 Å². The maximum atomic E-state index is 13.1. The molecule has 0 saturated carbocycles. The lowest BCUT2D eigenvalue weighted by Crippen LogP contribution is -2.54. The van der Waals surface area contributed by atoms with Gasteiger partial charge in [0.05, 0.1) is 6.04 Å². The molecule has 0 unspecified atom stereocenters. The molecule has 0 saturated heterocycles. The van der Waals surface area contributed by atoms with E-state index in [9.17, 15) is 9.59 Å². The normalized spacial score (nSPS) is 19.7. The zero-order valence-corrected chi connectivity index (χ0v) is 19.5. The number of allylic oxidation sites excluding steroid dienone is 1. The minimum absolute atomic E-state index is 0.253. The van der Waals surface area contributed by atoms with Gasteiger partial charge in [-0.2, -0.15) is 0 Å². The zero-order valence-electron chi connectivity index (χ0n) is 18.7. The minimum Gasteiger partial charge on any atom is -0.426 e. The van der Waals surface area contributed by atoms with E-state index < -0.39 is 29.0 Å². The fraction of sp³-hybridized carbons (Fsp3) is 0.591. The van der Waals surface area contributed by atoms with Gasteiger partial charge in [0, 0.05) is 25.0 Å². The van der Waals surface area contributed by atoms with Crippen molar-refractivity contribution in [2.24, 2.45) is 10.7 Å². The number of nitrogens with two attached hydrogens (primary N) is 1. The third-order valence-electron chi connectivity index (χ3n) is 4.81. The summed E-state index contributed by atoms with van der Waals surface area (Å²) >= 11 is 1.34. The summed E-state index contributed by atoms with van der Waals surface area (Å²) in [6.45, 7) is 12.0. The summed E-state index contributed by atoms with van der Waals surface area (Å²) in [5.74, 6) is -0.847. The smallest absolute Gasteiger partial charge is 0.336 e. The molecule has 1 aliphatic rings. The molecule has 0 bridgehead atoms. The van der Waals surface area contributed by atoms with E-state index in [-0.39, 0.29) is 5.75 Å². The van der Waals surface area contributed by atoms with Crippen molar-refractivity contribution in [2.45, 2.75) is 64.4 Å². The number of carbonyl (C=O) groups is 1. The Morgan fingerprint density at radius 2 is 2.10 bits per heavy atom. The number of carbonyl (C=O) groups excluding carboxylic acids is 1. The molecule has 1 aromatic rings. The van der Waals surface area contributed by atoms with Crippen LogP contribution in [-0.4, -0.2) is 41.4 Å². The molecule has 8 nitrogen and oxygen atoms in total. The highest BCUT2D eigenvalue weighted by molar-refractivity contribution is 8.14. The van der Waals surface area contributed by atoms with Gasteiger partial charge in [0.2, 0.25) is 5.79 Å². The third kappa shape index (κ3) is 6.29. The molecule has 31 heavy (non-hydrogen) atoms. The van der Waals surface area contributed by atoms with Gasteiger partial charge in [-0.3, -0.25) is 10.5 Å². The predicted octanol–water partition coefficient (Wildman–Crippen LogP) is 2.92. The van der Waals surface area contributed by atoms with Crippen LogP contribution in [0.3, 0.4) is 0 Å². The molecule has 0 aliphatic carbocycles. The van der Waals surface area contributed by atoms with Gasteiger partial charge in [-0.05, 0) is 45.2 Å². The van der Waals surface area contributed by atoms with Crippen molar-refractivity contribution in [3.63, 3.8) is 0 Å². The summed E-state index contributed by atoms with van der Waals surface area (Å²) in [4.78, 5) is 29.6. The highest BCUT2D eigenvalue weighted by Crippen LogP contribution is 2.33. The van der Waals surface area contributed by atoms with Crippen molar-refractivity contribution in [3.05, 3.63) is 46.5 Å². The van der Waals surface area contributed by atoms with Gasteiger partial charge in [-0.25, -0.2) is 9.79 Å². The van der Waals surface area contributed by atoms with Crippen molar-refractivity contribution < 1.29 is 18.7 Å². The number of hydrogen-bond donors (Lipinski definition) is 2. The molecule has 1 aliphatic heterocycles. The van der Waals surface area contributed by atoms with Crippen molar-refractivity contribution in [3.8, 4) is 0 Å². The van der Waals surface area contributed by atoms with Crippen LogP contribution in [0.1, 0.15) is 57.9 Å². The molecule has 1 aromatic heterocycles. The van der Waals surface area contributed by atoms with E-state index in [1.54, 1.807) is 19.1 Å². The molecule has 3 N–H and O–H groups in total. The number of nitrogens with one attached hydrogen (secondary N) is 1. The largest absolute Gasteiger partial charge is 0.426 e. The highest BCUT2D eigenvalue weighted by Gasteiger charge is 2.46. The number of rotatable bonds is 12. The van der Waals surface area contributed by atoms with Crippen LogP contribution < -0.4 is 16.7 Å². The number of thioether (sulfide) groups is 1. The molecule has 0 radical (unpaired) electrons. The molecule has 2 heterocycles. The summed E-state index contributed by atoms with van der Waals surface area (Å²) in [5, 5.41) is 3.45. The summed E-state index contributed by atoms with van der Waals surface area (Å²) in [5.41, 5.74) is 5.22. The molecule has 1 amide bonds. The molecule has 2 rings (SSSR count). The molecule has 0 spiro atoms. The summed E-state index contributed by atoms with van der Waals surface area (Å²) in [6.07, 6.45) is 3.60. The second-order valence-electron chi connectivity index (χ2n) is 7.44. The second-order valence-corrected chi connectivity index (χ2v) is 8.40. The van der Waals surface area contributed by atoms with E-state index >= 15 is 0 Å². The number of ether oxygens (including phenoxy) is 2. The lowest BCUT2D eigenvalue weighted by atomic mass is 10.0. The maximum Gasteiger partial charge on any atom is 0.336 e. The van der Waals surface area contributed by atoms with Gasteiger partial charge in [0.1, 0.15) is 10.8 Å². The fourth-order valence-corrected chi connectivity index (χ4v) is 4.51. The average Bonchev–Trinajstić information content (AvgIpc) is 3.12. The number of amides is 1. The van der Waals surface area contributed by atoms with Gasteiger partial charge in [0.25, 0.3) is 5.91 Å². The lowest BCUT2D eigenvalue weighted by molar-refractivity contribution is -0.169. The molecule has 0 aromatic carbocycles. The molecule has 172 valence electrons. The van der Waals surface area contributed by atoms with Crippen LogP contribution >= 0.6 is 11.8 Å². The molecular formula is C22H33N3O5S. The fourth-order valence-electron chi connectivity index (χ4n) is 3.35. The van der Waals surface area contributed by atoms with Gasteiger partial charge in [0.15, 0.2) is 5.66 Å². The van der Waals surface area contributed by atoms with Crippen LogP contribution in [0.5, 0.6) is 0 Å². The van der Waals surface area contributed by atoms with Crippen molar-refractivity contribution in [1.29, 1.82) is 0 Å². The topological polar surface area (TPSA) is 116 Å². The Labute approximate surface area is 187 Å². The first-order chi connectivity index (χ1) is 14.7. The van der Waals surface area contributed by atoms with E-state index in [4.69, 9.17) is 19.6 Å². The Hall–Kier alpha value is -1.94. The van der Waals surface area contributed by atoms with Crippen LogP contribution in [0.4, 0.5) is 0 Å². The van der Waals surface area contributed by atoms with Crippen molar-refractivity contribution in [2.75, 3.05) is 19.0 Å². The standard InChI is InChI=1S/C22H33N3O5S/c1-6-10-15-12-17(30-18(26)13-15)16(11-7-2)24-19(27)22(23)14-31-20(25-22)21(5,28-8-3)29-9-4/h6,12-13,16H,1,7-11,14,23H2,2-5H3,(H,24,27)/t16-,22+/m1/s1. The Bertz CT molecular complexity index is 863. The minimum atomic E-state index is -1.47. The maximum absolute atomic E-state index is 13.1. The highest BCUT2D eigenvalue weighted by atomic mass is 32.2. The molecule has 0 fully saturated rings. The van der Waals surface area contributed by atoms with E-state index in [0.29, 0.717) is 36.9 Å². The van der Waals surface area contributed by atoms with Gasteiger partial charge < -0.3 is 19.2 Å². The Balaban J connectivity index is 2.27. The molecular weight excluding hydrogens is 418 g/mol. The monoisotopic (exact) mass is 451 g/mol. The molecule has 9 heteroatoms. The Kier molecular flexibility index (Phi) is 9.05. The Morgan fingerprint density at radius 1 is 1.42 bits per heavy atom. The van der Waals surface area contributed by atoms with E-state index in [2.05, 4.69) is 16.9 Å². The van der Waals surface area contributed by atoms with Crippen molar-refractivity contribution in [1.82, 2.24) is 5.32 Å². The first kappa shape index (κ1) is 25.3. The van der Waals surface area contributed by atoms with E-state index in [1.807, 2.05) is 20.8 Å². The van der Waals surface area contributed by atoms with Crippen LogP contribution in [0, 0.1) is 0 Å². The van der Waals surface area contributed by atoms with E-state index in [1.165, 1.54) is 17.8 Å². The second kappa shape index (κ2) is 11.1. The first-order valence-electron chi connectivity index (χ1n) is 10.6. The first-order valence-corrected chi connectivity index (χ1v) is 11.6. The summed E-state index contributed by atoms with van der Waals surface area (Å²) < 4.78 is 16.9. The predicted molar refractivity (Wildman–Crippen MR) is 123 cm³/mol.